The monoisotopic (exact) mass is 332 g/mol. The Hall–Kier alpha value is -0.880. The van der Waals surface area contributed by atoms with Crippen LogP contribution in [0.1, 0.15) is 42.9 Å². The number of hydrogen-bond acceptors (Lipinski definition) is 4. The summed E-state index contributed by atoms with van der Waals surface area (Å²) >= 11 is 3.52. The van der Waals surface area contributed by atoms with Crippen molar-refractivity contribution in [2.24, 2.45) is 5.41 Å². The molecule has 0 radical (unpaired) electrons. The molecular weight excluding hydrogens is 312 g/mol. The van der Waals surface area contributed by atoms with Gasteiger partial charge in [0.2, 0.25) is 0 Å². The van der Waals surface area contributed by atoms with Gasteiger partial charge in [0.15, 0.2) is 11.5 Å². The molecule has 5 nitrogen and oxygen atoms in total. The van der Waals surface area contributed by atoms with E-state index in [0.717, 1.165) is 18.2 Å². The van der Waals surface area contributed by atoms with Crippen LogP contribution < -0.4 is 5.32 Å². The lowest BCUT2D eigenvalue weighted by Crippen LogP contribution is -2.38. The van der Waals surface area contributed by atoms with Gasteiger partial charge < -0.3 is 14.6 Å². The molecule has 0 spiro atoms. The molecule has 1 amide bonds. The molecule has 6 heteroatoms. The predicted octanol–water partition coefficient (Wildman–Crippen LogP) is 2.75. The van der Waals surface area contributed by atoms with Gasteiger partial charge in [0.05, 0.1) is 0 Å². The van der Waals surface area contributed by atoms with E-state index in [0.29, 0.717) is 24.6 Å². The molecule has 1 aromatic rings. The third-order valence-electron chi connectivity index (χ3n) is 3.49. The average Bonchev–Trinajstić information content (AvgIpc) is 2.90. The van der Waals surface area contributed by atoms with E-state index in [1.165, 1.54) is 0 Å². The molecule has 0 aliphatic heterocycles. The Morgan fingerprint density at radius 2 is 2.21 bits per heavy atom. The standard InChI is InChI=1S/C13H21BrN2O3/c1-4-13(5-2,8-14)9-15-12(17)11-6-10(7-18-3)19-16-11/h6H,4-5,7-9H2,1-3H3,(H,15,17). The van der Waals surface area contributed by atoms with Gasteiger partial charge in [-0.1, -0.05) is 34.9 Å². The number of nitrogens with zero attached hydrogens (tertiary/aromatic N) is 1. The van der Waals surface area contributed by atoms with E-state index in [1.807, 2.05) is 0 Å². The van der Waals surface area contributed by atoms with E-state index in [4.69, 9.17) is 9.26 Å². The van der Waals surface area contributed by atoms with Crippen molar-refractivity contribution in [2.75, 3.05) is 19.0 Å². The second-order valence-corrected chi connectivity index (χ2v) is 5.20. The third kappa shape index (κ3) is 4.31. The maximum absolute atomic E-state index is 12.0. The molecule has 0 saturated carbocycles. The molecule has 19 heavy (non-hydrogen) atoms. The van der Waals surface area contributed by atoms with Crippen molar-refractivity contribution in [3.05, 3.63) is 17.5 Å². The van der Waals surface area contributed by atoms with Gasteiger partial charge in [-0.15, -0.1) is 0 Å². The van der Waals surface area contributed by atoms with Crippen molar-refractivity contribution in [3.8, 4) is 0 Å². The SMILES string of the molecule is CCC(CC)(CBr)CNC(=O)c1cc(COC)on1. The smallest absolute Gasteiger partial charge is 0.273 e. The second kappa shape index (κ2) is 7.65. The highest BCUT2D eigenvalue weighted by molar-refractivity contribution is 9.09. The number of hydrogen-bond donors (Lipinski definition) is 1. The highest BCUT2D eigenvalue weighted by atomic mass is 79.9. The summed E-state index contributed by atoms with van der Waals surface area (Å²) in [6, 6.07) is 1.60. The molecule has 1 N–H and O–H groups in total. The molecular formula is C13H21BrN2O3. The van der Waals surface area contributed by atoms with E-state index in [2.05, 4.69) is 40.3 Å². The van der Waals surface area contributed by atoms with Crippen molar-refractivity contribution in [1.29, 1.82) is 0 Å². The van der Waals surface area contributed by atoms with Gasteiger partial charge in [-0.2, -0.15) is 0 Å². The van der Waals surface area contributed by atoms with Crippen molar-refractivity contribution in [1.82, 2.24) is 10.5 Å². The van der Waals surface area contributed by atoms with E-state index >= 15 is 0 Å². The second-order valence-electron chi connectivity index (χ2n) is 4.63. The Morgan fingerprint density at radius 3 is 2.74 bits per heavy atom. The summed E-state index contributed by atoms with van der Waals surface area (Å²) < 4.78 is 9.91. The zero-order valence-electron chi connectivity index (χ0n) is 11.7. The number of ether oxygens (including phenoxy) is 1. The van der Waals surface area contributed by atoms with Gasteiger partial charge >= 0.3 is 0 Å². The first-order chi connectivity index (χ1) is 9.10. The minimum atomic E-state index is -0.210. The molecule has 0 aromatic carbocycles. The Bertz CT molecular complexity index is 394. The van der Waals surface area contributed by atoms with Gasteiger partial charge in [0.25, 0.3) is 5.91 Å². The lowest BCUT2D eigenvalue weighted by molar-refractivity contribution is 0.0922. The zero-order valence-corrected chi connectivity index (χ0v) is 13.2. The number of nitrogens with one attached hydrogen (secondary N) is 1. The van der Waals surface area contributed by atoms with E-state index in [9.17, 15) is 4.79 Å². The molecule has 0 fully saturated rings. The van der Waals surface area contributed by atoms with Crippen molar-refractivity contribution in [2.45, 2.75) is 33.3 Å². The Morgan fingerprint density at radius 1 is 1.53 bits per heavy atom. The number of carbonyl (C=O) groups excluding carboxylic acids is 1. The van der Waals surface area contributed by atoms with E-state index in [-0.39, 0.29) is 11.3 Å². The van der Waals surface area contributed by atoms with Gasteiger partial charge in [0.1, 0.15) is 6.61 Å². The van der Waals surface area contributed by atoms with E-state index < -0.39 is 0 Å². The summed E-state index contributed by atoms with van der Waals surface area (Å²) in [6.07, 6.45) is 2.01. The molecule has 0 atom stereocenters. The van der Waals surface area contributed by atoms with Crippen LogP contribution in [0, 0.1) is 5.41 Å². The van der Waals surface area contributed by atoms with Crippen LogP contribution in [0.2, 0.25) is 0 Å². The van der Waals surface area contributed by atoms with E-state index in [1.54, 1.807) is 13.2 Å². The first-order valence-electron chi connectivity index (χ1n) is 6.39. The van der Waals surface area contributed by atoms with Crippen molar-refractivity contribution in [3.63, 3.8) is 0 Å². The number of alkyl halides is 1. The van der Waals surface area contributed by atoms with Gasteiger partial charge in [0, 0.05) is 25.1 Å². The number of halogens is 1. The number of aromatic nitrogens is 1. The first-order valence-corrected chi connectivity index (χ1v) is 7.51. The number of methoxy groups -OCH3 is 1. The van der Waals surface area contributed by atoms with Crippen LogP contribution in [0.4, 0.5) is 0 Å². The molecule has 108 valence electrons. The quantitative estimate of drug-likeness (QED) is 0.743. The predicted molar refractivity (Wildman–Crippen MR) is 76.4 cm³/mol. The summed E-state index contributed by atoms with van der Waals surface area (Å²) in [4.78, 5) is 12.0. The Balaban J connectivity index is 2.58. The summed E-state index contributed by atoms with van der Waals surface area (Å²) in [7, 11) is 1.56. The number of rotatable bonds is 8. The van der Waals surface area contributed by atoms with Crippen LogP contribution in [0.5, 0.6) is 0 Å². The van der Waals surface area contributed by atoms with Crippen LogP contribution in [0.3, 0.4) is 0 Å². The van der Waals surface area contributed by atoms with Gasteiger partial charge in [-0.3, -0.25) is 4.79 Å². The van der Waals surface area contributed by atoms with Crippen molar-refractivity contribution >= 4 is 21.8 Å². The van der Waals surface area contributed by atoms with Crippen molar-refractivity contribution < 1.29 is 14.1 Å². The molecule has 0 aliphatic carbocycles. The molecule has 0 unspecified atom stereocenters. The van der Waals surface area contributed by atoms with Crippen LogP contribution in [-0.2, 0) is 11.3 Å². The minimum Gasteiger partial charge on any atom is -0.377 e. The largest absolute Gasteiger partial charge is 0.377 e. The topological polar surface area (TPSA) is 64.4 Å². The Labute approximate surface area is 122 Å². The maximum atomic E-state index is 12.0. The van der Waals surface area contributed by atoms with Crippen LogP contribution >= 0.6 is 15.9 Å². The van der Waals surface area contributed by atoms with Crippen LogP contribution in [-0.4, -0.2) is 30.0 Å². The maximum Gasteiger partial charge on any atom is 0.273 e. The molecule has 0 bridgehead atoms. The summed E-state index contributed by atoms with van der Waals surface area (Å²) in [5.41, 5.74) is 0.386. The normalized spacial score (nSPS) is 11.6. The lowest BCUT2D eigenvalue weighted by atomic mass is 9.84. The average molecular weight is 333 g/mol. The molecule has 1 rings (SSSR count). The van der Waals surface area contributed by atoms with Gasteiger partial charge in [-0.05, 0) is 18.3 Å². The lowest BCUT2D eigenvalue weighted by Gasteiger charge is -2.29. The summed E-state index contributed by atoms with van der Waals surface area (Å²) in [6.45, 7) is 5.19. The first kappa shape index (κ1) is 16.2. The van der Waals surface area contributed by atoms with Crippen LogP contribution in [0.15, 0.2) is 10.6 Å². The highest BCUT2D eigenvalue weighted by Crippen LogP contribution is 2.27. The minimum absolute atomic E-state index is 0.0920. The number of carbonyl (C=O) groups is 1. The molecule has 1 heterocycles. The fourth-order valence-electron chi connectivity index (χ4n) is 1.72. The van der Waals surface area contributed by atoms with Gasteiger partial charge in [-0.25, -0.2) is 0 Å². The third-order valence-corrected chi connectivity index (χ3v) is 4.68. The fourth-order valence-corrected chi connectivity index (χ4v) is 2.72. The fraction of sp³-hybridized carbons (Fsp3) is 0.692. The zero-order chi connectivity index (χ0) is 14.3. The summed E-state index contributed by atoms with van der Waals surface area (Å²) in [5.74, 6) is 0.337. The molecule has 0 saturated heterocycles. The Kier molecular flexibility index (Phi) is 6.51. The van der Waals surface area contributed by atoms with Crippen LogP contribution in [0.25, 0.3) is 0 Å². The summed E-state index contributed by atoms with van der Waals surface area (Å²) in [5, 5.41) is 7.51. The molecule has 1 aromatic heterocycles. The molecule has 0 aliphatic rings. The number of amides is 1. The highest BCUT2D eigenvalue weighted by Gasteiger charge is 2.26.